The molecule has 0 saturated heterocycles. The number of benzene rings is 2. The summed E-state index contributed by atoms with van der Waals surface area (Å²) in [5.74, 6) is -0.778. The number of hydrogen-bond donors (Lipinski definition) is 2. The number of hydrazine groups is 1. The van der Waals surface area contributed by atoms with Gasteiger partial charge in [0, 0.05) is 5.56 Å². The molecule has 2 N–H and O–H groups in total. The lowest BCUT2D eigenvalue weighted by Gasteiger charge is -2.09. The minimum Gasteiger partial charge on any atom is -0.491 e. The monoisotopic (exact) mass is 332 g/mol. The predicted octanol–water partition coefficient (Wildman–Crippen LogP) is 1.68. The van der Waals surface area contributed by atoms with Gasteiger partial charge in [0.2, 0.25) is 0 Å². The van der Waals surface area contributed by atoms with Gasteiger partial charge in [0.15, 0.2) is 0 Å². The highest BCUT2D eigenvalue weighted by Crippen LogP contribution is 2.07. The van der Waals surface area contributed by atoms with Gasteiger partial charge in [-0.3, -0.25) is 20.4 Å². The quantitative estimate of drug-likeness (QED) is 0.597. The smallest absolute Gasteiger partial charge is 0.269 e. The first-order valence-electron chi connectivity index (χ1n) is 7.25. The van der Waals surface area contributed by atoms with E-state index in [-0.39, 0.29) is 18.8 Å². The van der Waals surface area contributed by atoms with E-state index in [4.69, 9.17) is 9.47 Å². The van der Waals surface area contributed by atoms with Crippen LogP contribution in [-0.2, 0) is 9.53 Å². The van der Waals surface area contributed by atoms with Crippen molar-refractivity contribution in [3.05, 3.63) is 66.0 Å². The molecule has 24 heavy (non-hydrogen) atoms. The topological polar surface area (TPSA) is 76.7 Å². The van der Waals surface area contributed by atoms with Gasteiger partial charge in [0.1, 0.15) is 24.8 Å². The molecule has 6 nitrogen and oxygen atoms in total. The van der Waals surface area contributed by atoms with E-state index < -0.39 is 17.6 Å². The van der Waals surface area contributed by atoms with Crippen LogP contribution in [0.25, 0.3) is 0 Å². The zero-order valence-electron chi connectivity index (χ0n) is 12.8. The normalized spacial score (nSPS) is 10.0. The van der Waals surface area contributed by atoms with Crippen LogP contribution in [0.4, 0.5) is 4.39 Å². The number of carbonyl (C=O) groups is 2. The number of ether oxygens (including phenoxy) is 2. The molecular formula is C17H17FN2O4. The predicted molar refractivity (Wildman–Crippen MR) is 84.8 cm³/mol. The minimum absolute atomic E-state index is 0.220. The van der Waals surface area contributed by atoms with Crippen LogP contribution in [0.2, 0.25) is 0 Å². The Hall–Kier alpha value is -2.93. The maximum Gasteiger partial charge on any atom is 0.269 e. The summed E-state index contributed by atoms with van der Waals surface area (Å²) in [7, 11) is 0. The second kappa shape index (κ2) is 9.26. The fourth-order valence-electron chi connectivity index (χ4n) is 1.74. The zero-order valence-corrected chi connectivity index (χ0v) is 12.8. The molecule has 0 fully saturated rings. The van der Waals surface area contributed by atoms with E-state index >= 15 is 0 Å². The molecule has 0 atom stereocenters. The van der Waals surface area contributed by atoms with Crippen molar-refractivity contribution in [2.75, 3.05) is 19.8 Å². The Morgan fingerprint density at radius 2 is 1.62 bits per heavy atom. The molecule has 0 radical (unpaired) electrons. The molecule has 2 rings (SSSR count). The van der Waals surface area contributed by atoms with Crippen molar-refractivity contribution >= 4 is 11.8 Å². The standard InChI is InChI=1S/C17H17FN2O4/c18-14-8-6-13(7-9-14)17(22)20-19-16(21)12-23-10-11-24-15-4-2-1-3-5-15/h1-9H,10-12H2,(H,19,21)(H,20,22). The molecule has 7 heteroatoms. The summed E-state index contributed by atoms with van der Waals surface area (Å²) in [4.78, 5) is 23.2. The largest absolute Gasteiger partial charge is 0.491 e. The molecule has 2 aromatic rings. The average molecular weight is 332 g/mol. The Morgan fingerprint density at radius 1 is 0.917 bits per heavy atom. The van der Waals surface area contributed by atoms with Gasteiger partial charge in [-0.05, 0) is 36.4 Å². The fraction of sp³-hybridized carbons (Fsp3) is 0.176. The van der Waals surface area contributed by atoms with Crippen LogP contribution in [-0.4, -0.2) is 31.6 Å². The lowest BCUT2D eigenvalue weighted by molar-refractivity contribution is -0.126. The molecule has 0 spiro atoms. The maximum absolute atomic E-state index is 12.7. The number of halogens is 1. The molecule has 0 bridgehead atoms. The molecule has 0 aromatic heterocycles. The van der Waals surface area contributed by atoms with Crippen LogP contribution >= 0.6 is 0 Å². The number of hydrogen-bond acceptors (Lipinski definition) is 4. The van der Waals surface area contributed by atoms with Crippen molar-refractivity contribution in [1.82, 2.24) is 10.9 Å². The van der Waals surface area contributed by atoms with E-state index in [9.17, 15) is 14.0 Å². The first-order valence-corrected chi connectivity index (χ1v) is 7.25. The SMILES string of the molecule is O=C(COCCOc1ccccc1)NNC(=O)c1ccc(F)cc1. The van der Waals surface area contributed by atoms with Crippen molar-refractivity contribution in [3.8, 4) is 5.75 Å². The van der Waals surface area contributed by atoms with Crippen LogP contribution in [0.1, 0.15) is 10.4 Å². The van der Waals surface area contributed by atoms with Gasteiger partial charge in [0.25, 0.3) is 11.8 Å². The van der Waals surface area contributed by atoms with Crippen LogP contribution < -0.4 is 15.6 Å². The Bertz CT molecular complexity index is 662. The molecule has 0 heterocycles. The zero-order chi connectivity index (χ0) is 17.2. The number of para-hydroxylation sites is 1. The number of amides is 2. The van der Waals surface area contributed by atoms with E-state index in [0.29, 0.717) is 6.61 Å². The molecule has 0 aliphatic heterocycles. The van der Waals surface area contributed by atoms with Gasteiger partial charge in [-0.25, -0.2) is 4.39 Å². The molecule has 126 valence electrons. The van der Waals surface area contributed by atoms with Crippen molar-refractivity contribution < 1.29 is 23.5 Å². The number of nitrogens with one attached hydrogen (secondary N) is 2. The molecular weight excluding hydrogens is 315 g/mol. The Kier molecular flexibility index (Phi) is 6.73. The molecule has 0 unspecified atom stereocenters. The molecule has 0 aliphatic carbocycles. The lowest BCUT2D eigenvalue weighted by atomic mass is 10.2. The minimum atomic E-state index is -0.546. The summed E-state index contributed by atoms with van der Waals surface area (Å²) in [5.41, 5.74) is 4.65. The van der Waals surface area contributed by atoms with E-state index in [1.54, 1.807) is 0 Å². The summed E-state index contributed by atoms with van der Waals surface area (Å²) in [5, 5.41) is 0. The van der Waals surface area contributed by atoms with Gasteiger partial charge in [0.05, 0.1) is 6.61 Å². The summed E-state index contributed by atoms with van der Waals surface area (Å²) in [6.45, 7) is 0.315. The Balaban J connectivity index is 1.58. The second-order valence-corrected chi connectivity index (χ2v) is 4.72. The summed E-state index contributed by atoms with van der Waals surface area (Å²) in [6.07, 6.45) is 0. The van der Waals surface area contributed by atoms with Gasteiger partial charge in [-0.1, -0.05) is 18.2 Å². The van der Waals surface area contributed by atoms with Crippen molar-refractivity contribution in [3.63, 3.8) is 0 Å². The van der Waals surface area contributed by atoms with Gasteiger partial charge in [-0.2, -0.15) is 0 Å². The lowest BCUT2D eigenvalue weighted by Crippen LogP contribution is -2.43. The first kappa shape index (κ1) is 17.4. The highest BCUT2D eigenvalue weighted by Gasteiger charge is 2.07. The van der Waals surface area contributed by atoms with Gasteiger partial charge in [-0.15, -0.1) is 0 Å². The van der Waals surface area contributed by atoms with E-state index in [2.05, 4.69) is 10.9 Å². The van der Waals surface area contributed by atoms with Gasteiger partial charge >= 0.3 is 0 Å². The van der Waals surface area contributed by atoms with E-state index in [0.717, 1.165) is 17.9 Å². The fourth-order valence-corrected chi connectivity index (χ4v) is 1.74. The van der Waals surface area contributed by atoms with Crippen LogP contribution in [0.3, 0.4) is 0 Å². The third-order valence-electron chi connectivity index (χ3n) is 2.89. The van der Waals surface area contributed by atoms with Gasteiger partial charge < -0.3 is 9.47 Å². The third-order valence-corrected chi connectivity index (χ3v) is 2.89. The van der Waals surface area contributed by atoms with E-state index in [1.165, 1.54) is 12.1 Å². The van der Waals surface area contributed by atoms with Crippen LogP contribution in [0, 0.1) is 5.82 Å². The van der Waals surface area contributed by atoms with Crippen molar-refractivity contribution in [1.29, 1.82) is 0 Å². The summed E-state index contributed by atoms with van der Waals surface area (Å²) in [6, 6.07) is 14.2. The average Bonchev–Trinajstić information content (AvgIpc) is 2.61. The summed E-state index contributed by atoms with van der Waals surface area (Å²) >= 11 is 0. The molecule has 2 amide bonds. The molecule has 2 aromatic carbocycles. The molecule has 0 saturated carbocycles. The number of carbonyl (C=O) groups excluding carboxylic acids is 2. The molecule has 0 aliphatic rings. The maximum atomic E-state index is 12.7. The van der Waals surface area contributed by atoms with Crippen molar-refractivity contribution in [2.45, 2.75) is 0 Å². The Morgan fingerprint density at radius 3 is 2.33 bits per heavy atom. The van der Waals surface area contributed by atoms with Crippen LogP contribution in [0.5, 0.6) is 5.75 Å². The van der Waals surface area contributed by atoms with Crippen molar-refractivity contribution in [2.24, 2.45) is 0 Å². The second-order valence-electron chi connectivity index (χ2n) is 4.72. The van der Waals surface area contributed by atoms with Crippen LogP contribution in [0.15, 0.2) is 54.6 Å². The Labute approximate surface area is 138 Å². The summed E-state index contributed by atoms with van der Waals surface area (Å²) < 4.78 is 23.3. The third kappa shape index (κ3) is 6.05. The highest BCUT2D eigenvalue weighted by molar-refractivity contribution is 5.95. The highest BCUT2D eigenvalue weighted by atomic mass is 19.1. The number of rotatable bonds is 7. The van der Waals surface area contributed by atoms with E-state index in [1.807, 2.05) is 30.3 Å². The first-order chi connectivity index (χ1) is 11.6.